The van der Waals surface area contributed by atoms with Crippen LogP contribution in [-0.2, 0) is 4.79 Å². The van der Waals surface area contributed by atoms with Gasteiger partial charge in [0, 0.05) is 11.3 Å². The molecule has 0 aliphatic rings. The number of rotatable bonds is 5. The first-order valence-corrected chi connectivity index (χ1v) is 5.91. The number of hydrogen-bond donors (Lipinski definition) is 1. The van der Waals surface area contributed by atoms with Crippen molar-refractivity contribution in [3.63, 3.8) is 0 Å². The van der Waals surface area contributed by atoms with Crippen LogP contribution in [0.5, 0.6) is 5.75 Å². The standard InChI is InChI=1S/C15H12FNO3/c16-12-3-5-13(6-4-12)17-15(19)10-20-14-7-1-11(9-18)2-8-14/h1-9H,10H2,(H,17,19). The molecule has 1 amide bonds. The van der Waals surface area contributed by atoms with Crippen molar-refractivity contribution in [3.8, 4) is 5.75 Å². The SMILES string of the molecule is O=Cc1ccc(OCC(=O)Nc2ccc(F)cc2)cc1. The number of anilines is 1. The number of carbonyl (C=O) groups excluding carboxylic acids is 2. The van der Waals surface area contributed by atoms with Gasteiger partial charge in [0.15, 0.2) is 6.61 Å². The first-order chi connectivity index (χ1) is 9.67. The normalized spacial score (nSPS) is 9.85. The van der Waals surface area contributed by atoms with Gasteiger partial charge in [-0.15, -0.1) is 0 Å². The van der Waals surface area contributed by atoms with E-state index in [-0.39, 0.29) is 18.3 Å². The van der Waals surface area contributed by atoms with E-state index in [1.54, 1.807) is 24.3 Å². The minimum Gasteiger partial charge on any atom is -0.484 e. The first-order valence-electron chi connectivity index (χ1n) is 5.91. The molecule has 2 aromatic carbocycles. The Labute approximate surface area is 115 Å². The predicted molar refractivity (Wildman–Crippen MR) is 72.4 cm³/mol. The van der Waals surface area contributed by atoms with E-state index < -0.39 is 0 Å². The fraction of sp³-hybridized carbons (Fsp3) is 0.0667. The summed E-state index contributed by atoms with van der Waals surface area (Å²) in [7, 11) is 0. The van der Waals surface area contributed by atoms with Crippen LogP contribution >= 0.6 is 0 Å². The van der Waals surface area contributed by atoms with E-state index in [1.807, 2.05) is 0 Å². The van der Waals surface area contributed by atoms with E-state index in [4.69, 9.17) is 4.74 Å². The minimum atomic E-state index is -0.366. The third kappa shape index (κ3) is 3.91. The zero-order valence-electron chi connectivity index (χ0n) is 10.5. The Morgan fingerprint density at radius 2 is 1.75 bits per heavy atom. The second-order valence-corrected chi connectivity index (χ2v) is 4.03. The highest BCUT2D eigenvalue weighted by atomic mass is 19.1. The molecule has 0 unspecified atom stereocenters. The molecule has 0 atom stereocenters. The molecule has 5 heteroatoms. The Hall–Kier alpha value is -2.69. The van der Waals surface area contributed by atoms with E-state index in [2.05, 4.69) is 5.32 Å². The monoisotopic (exact) mass is 273 g/mol. The molecule has 0 saturated heterocycles. The number of hydrogen-bond acceptors (Lipinski definition) is 3. The number of aldehydes is 1. The third-order valence-corrected chi connectivity index (χ3v) is 2.51. The summed E-state index contributed by atoms with van der Waals surface area (Å²) in [5, 5.41) is 2.58. The summed E-state index contributed by atoms with van der Waals surface area (Å²) in [6.45, 7) is -0.169. The molecule has 0 aliphatic carbocycles. The molecule has 0 aromatic heterocycles. The quantitative estimate of drug-likeness (QED) is 0.852. The molecule has 0 bridgehead atoms. The summed E-state index contributed by atoms with van der Waals surface area (Å²) in [6, 6.07) is 11.9. The van der Waals surface area contributed by atoms with Crippen molar-refractivity contribution >= 4 is 17.9 Å². The van der Waals surface area contributed by atoms with Crippen LogP contribution in [0.1, 0.15) is 10.4 Å². The lowest BCUT2D eigenvalue weighted by molar-refractivity contribution is -0.118. The van der Waals surface area contributed by atoms with E-state index in [0.717, 1.165) is 6.29 Å². The van der Waals surface area contributed by atoms with Gasteiger partial charge in [0.2, 0.25) is 0 Å². The fourth-order valence-corrected chi connectivity index (χ4v) is 1.52. The van der Waals surface area contributed by atoms with Gasteiger partial charge in [-0.1, -0.05) is 0 Å². The van der Waals surface area contributed by atoms with Crippen LogP contribution in [-0.4, -0.2) is 18.8 Å². The van der Waals surface area contributed by atoms with Crippen LogP contribution in [0.3, 0.4) is 0 Å². The van der Waals surface area contributed by atoms with Gasteiger partial charge in [-0.05, 0) is 48.5 Å². The number of carbonyl (C=O) groups is 2. The average molecular weight is 273 g/mol. The summed E-state index contributed by atoms with van der Waals surface area (Å²) in [5.74, 6) is -0.226. The Balaban J connectivity index is 1.85. The summed E-state index contributed by atoms with van der Waals surface area (Å²) in [5.41, 5.74) is 1.03. The van der Waals surface area contributed by atoms with Gasteiger partial charge in [-0.25, -0.2) is 4.39 Å². The van der Waals surface area contributed by atoms with Crippen LogP contribution in [0, 0.1) is 5.82 Å². The summed E-state index contributed by atoms with van der Waals surface area (Å²) < 4.78 is 18.0. The average Bonchev–Trinajstić information content (AvgIpc) is 2.48. The Kier molecular flexibility index (Phi) is 4.44. The number of benzene rings is 2. The van der Waals surface area contributed by atoms with Crippen molar-refractivity contribution in [2.75, 3.05) is 11.9 Å². The van der Waals surface area contributed by atoms with Crippen LogP contribution in [0.15, 0.2) is 48.5 Å². The number of amides is 1. The number of ether oxygens (including phenoxy) is 1. The number of nitrogens with one attached hydrogen (secondary N) is 1. The van der Waals surface area contributed by atoms with Crippen molar-refractivity contribution in [2.45, 2.75) is 0 Å². The summed E-state index contributed by atoms with van der Waals surface area (Å²) in [6.07, 6.45) is 0.727. The van der Waals surface area contributed by atoms with Gasteiger partial charge in [-0.3, -0.25) is 9.59 Å². The van der Waals surface area contributed by atoms with E-state index >= 15 is 0 Å². The van der Waals surface area contributed by atoms with Crippen LogP contribution in [0.4, 0.5) is 10.1 Å². The Morgan fingerprint density at radius 1 is 1.10 bits per heavy atom. The van der Waals surface area contributed by atoms with E-state index in [9.17, 15) is 14.0 Å². The van der Waals surface area contributed by atoms with Gasteiger partial charge < -0.3 is 10.1 Å². The van der Waals surface area contributed by atoms with Crippen LogP contribution in [0.2, 0.25) is 0 Å². The summed E-state index contributed by atoms with van der Waals surface area (Å²) in [4.78, 5) is 22.1. The lowest BCUT2D eigenvalue weighted by atomic mass is 10.2. The first kappa shape index (κ1) is 13.7. The lowest BCUT2D eigenvalue weighted by Gasteiger charge is -2.07. The minimum absolute atomic E-state index is 0.169. The van der Waals surface area contributed by atoms with Crippen molar-refractivity contribution in [3.05, 3.63) is 59.9 Å². The summed E-state index contributed by atoms with van der Waals surface area (Å²) >= 11 is 0. The second kappa shape index (κ2) is 6.47. The number of halogens is 1. The molecule has 1 N–H and O–H groups in total. The Morgan fingerprint density at radius 3 is 2.35 bits per heavy atom. The van der Waals surface area contributed by atoms with Crippen LogP contribution in [0.25, 0.3) is 0 Å². The van der Waals surface area contributed by atoms with Gasteiger partial charge >= 0.3 is 0 Å². The largest absolute Gasteiger partial charge is 0.484 e. The molecule has 4 nitrogen and oxygen atoms in total. The molecule has 0 saturated carbocycles. The van der Waals surface area contributed by atoms with E-state index in [1.165, 1.54) is 24.3 Å². The molecule has 2 rings (SSSR count). The smallest absolute Gasteiger partial charge is 0.262 e. The third-order valence-electron chi connectivity index (χ3n) is 2.51. The fourth-order valence-electron chi connectivity index (χ4n) is 1.52. The second-order valence-electron chi connectivity index (χ2n) is 4.03. The molecular formula is C15H12FNO3. The molecule has 2 aromatic rings. The van der Waals surface area contributed by atoms with Gasteiger partial charge in [-0.2, -0.15) is 0 Å². The van der Waals surface area contributed by atoms with Gasteiger partial charge in [0.05, 0.1) is 0 Å². The molecule has 102 valence electrons. The van der Waals surface area contributed by atoms with Crippen molar-refractivity contribution < 1.29 is 18.7 Å². The molecular weight excluding hydrogens is 261 g/mol. The van der Waals surface area contributed by atoms with Gasteiger partial charge in [0.1, 0.15) is 17.9 Å². The Bertz CT molecular complexity index is 594. The van der Waals surface area contributed by atoms with Crippen LogP contribution < -0.4 is 10.1 Å². The lowest BCUT2D eigenvalue weighted by Crippen LogP contribution is -2.20. The maximum atomic E-state index is 12.7. The maximum Gasteiger partial charge on any atom is 0.262 e. The maximum absolute atomic E-state index is 12.7. The zero-order chi connectivity index (χ0) is 14.4. The van der Waals surface area contributed by atoms with Crippen molar-refractivity contribution in [1.82, 2.24) is 0 Å². The molecule has 0 aliphatic heterocycles. The molecule has 0 heterocycles. The molecule has 0 radical (unpaired) electrons. The highest BCUT2D eigenvalue weighted by molar-refractivity contribution is 5.91. The highest BCUT2D eigenvalue weighted by Crippen LogP contribution is 2.12. The molecule has 20 heavy (non-hydrogen) atoms. The molecule has 0 fully saturated rings. The topological polar surface area (TPSA) is 55.4 Å². The zero-order valence-corrected chi connectivity index (χ0v) is 10.5. The highest BCUT2D eigenvalue weighted by Gasteiger charge is 2.04. The van der Waals surface area contributed by atoms with E-state index in [0.29, 0.717) is 17.0 Å². The molecule has 0 spiro atoms. The van der Waals surface area contributed by atoms with Crippen molar-refractivity contribution in [1.29, 1.82) is 0 Å². The van der Waals surface area contributed by atoms with Crippen molar-refractivity contribution in [2.24, 2.45) is 0 Å². The van der Waals surface area contributed by atoms with Gasteiger partial charge in [0.25, 0.3) is 5.91 Å². The predicted octanol–water partition coefficient (Wildman–Crippen LogP) is 2.66.